The van der Waals surface area contributed by atoms with Gasteiger partial charge < -0.3 is 25.4 Å². The summed E-state index contributed by atoms with van der Waals surface area (Å²) >= 11 is 0. The number of nitrogens with one attached hydrogen (secondary N) is 3. The third kappa shape index (κ3) is 4.52. The fourth-order valence-corrected chi connectivity index (χ4v) is 5.05. The number of hydrogen-bond donors (Lipinski definition) is 3. The molecule has 0 saturated heterocycles. The minimum Gasteiger partial charge on any atom is -0.493 e. The van der Waals surface area contributed by atoms with E-state index >= 15 is 0 Å². The Morgan fingerprint density at radius 1 is 0.889 bits per heavy atom. The van der Waals surface area contributed by atoms with Crippen molar-refractivity contribution in [3.63, 3.8) is 0 Å². The second kappa shape index (κ2) is 9.77. The van der Waals surface area contributed by atoms with Gasteiger partial charge in [0, 0.05) is 30.3 Å². The van der Waals surface area contributed by atoms with Gasteiger partial charge in [-0.1, -0.05) is 30.3 Å². The fraction of sp³-hybridized carbons (Fsp3) is 0.241. The molecule has 1 heterocycles. The molecule has 7 heteroatoms. The van der Waals surface area contributed by atoms with Crippen molar-refractivity contribution in [1.82, 2.24) is 0 Å². The average molecular weight is 484 g/mol. The number of methoxy groups -OCH3 is 2. The monoisotopic (exact) mass is 483 g/mol. The van der Waals surface area contributed by atoms with Crippen LogP contribution in [0.2, 0.25) is 0 Å². The van der Waals surface area contributed by atoms with Crippen LogP contribution in [0.5, 0.6) is 11.5 Å². The van der Waals surface area contributed by atoms with E-state index in [1.807, 2.05) is 66.7 Å². The lowest BCUT2D eigenvalue weighted by molar-refractivity contribution is -0.116. The summed E-state index contributed by atoms with van der Waals surface area (Å²) in [6.45, 7) is 1.48. The second-order valence-electron chi connectivity index (χ2n) is 9.09. The molecule has 2 atom stereocenters. The number of allylic oxidation sites excluding steroid dienone is 1. The van der Waals surface area contributed by atoms with Gasteiger partial charge in [-0.15, -0.1) is 0 Å². The number of Topliss-reactive ketones (excluding diaryl/α,β-unsaturated/α-hetero) is 1. The molecule has 3 aromatic rings. The summed E-state index contributed by atoms with van der Waals surface area (Å²) in [5, 5.41) is 9.95. The van der Waals surface area contributed by atoms with Crippen molar-refractivity contribution in [2.24, 2.45) is 0 Å². The van der Waals surface area contributed by atoms with Crippen LogP contribution in [0.1, 0.15) is 42.9 Å². The Bertz CT molecular complexity index is 1350. The summed E-state index contributed by atoms with van der Waals surface area (Å²) in [6.07, 6.45) is 1.08. The van der Waals surface area contributed by atoms with E-state index in [1.54, 1.807) is 14.2 Å². The van der Waals surface area contributed by atoms with Gasteiger partial charge in [-0.2, -0.15) is 0 Å². The SMILES string of the molecule is COc1ccc([C@H]2CC(=O)C3=C(C2)Nc2ccccc2N[C@@H]3c2ccc(NC(C)=O)cc2)cc1OC. The standard InChI is InChI=1S/C29H29N3O4/c1-17(33)30-21-11-8-18(9-12-21)29-28-24(31-22-6-4-5-7-23(22)32-29)14-20(15-25(28)34)19-10-13-26(35-2)27(16-19)36-3/h4-13,16,20,29,31-32H,14-15H2,1-3H3,(H,30,33)/t20-,29-/m1/s1. The summed E-state index contributed by atoms with van der Waals surface area (Å²) in [4.78, 5) is 25.2. The minimum atomic E-state index is -0.318. The fourth-order valence-electron chi connectivity index (χ4n) is 5.05. The molecule has 36 heavy (non-hydrogen) atoms. The van der Waals surface area contributed by atoms with Crippen molar-refractivity contribution in [2.45, 2.75) is 31.7 Å². The van der Waals surface area contributed by atoms with E-state index in [-0.39, 0.29) is 23.7 Å². The molecule has 184 valence electrons. The Labute approximate surface area is 210 Å². The normalized spacial score (nSPS) is 18.7. The molecule has 0 saturated carbocycles. The maximum atomic E-state index is 13.7. The maximum Gasteiger partial charge on any atom is 0.221 e. The quantitative estimate of drug-likeness (QED) is 0.435. The predicted octanol–water partition coefficient (Wildman–Crippen LogP) is 5.64. The lowest BCUT2D eigenvalue weighted by atomic mass is 9.78. The smallest absolute Gasteiger partial charge is 0.221 e. The molecule has 1 aliphatic heterocycles. The van der Waals surface area contributed by atoms with E-state index in [0.717, 1.165) is 39.5 Å². The van der Waals surface area contributed by atoms with Crippen LogP contribution in [0.4, 0.5) is 17.1 Å². The van der Waals surface area contributed by atoms with Gasteiger partial charge in [0.05, 0.1) is 31.6 Å². The van der Waals surface area contributed by atoms with Crippen LogP contribution in [0.3, 0.4) is 0 Å². The van der Waals surface area contributed by atoms with E-state index in [0.29, 0.717) is 24.3 Å². The highest BCUT2D eigenvalue weighted by molar-refractivity contribution is 6.01. The molecule has 3 aromatic carbocycles. The molecule has 3 N–H and O–H groups in total. The molecule has 0 bridgehead atoms. The van der Waals surface area contributed by atoms with E-state index < -0.39 is 0 Å². The van der Waals surface area contributed by atoms with Gasteiger partial charge in [0.1, 0.15) is 0 Å². The molecule has 0 aromatic heterocycles. The number of anilines is 3. The number of rotatable bonds is 5. The second-order valence-corrected chi connectivity index (χ2v) is 9.09. The number of carbonyl (C=O) groups excluding carboxylic acids is 2. The molecule has 0 radical (unpaired) electrons. The number of para-hydroxylation sites is 2. The van der Waals surface area contributed by atoms with Crippen LogP contribution < -0.4 is 25.4 Å². The zero-order valence-electron chi connectivity index (χ0n) is 20.6. The van der Waals surface area contributed by atoms with Gasteiger partial charge in [0.15, 0.2) is 17.3 Å². The number of ketones is 1. The Kier molecular flexibility index (Phi) is 6.38. The molecule has 0 spiro atoms. The van der Waals surface area contributed by atoms with Crippen molar-refractivity contribution in [3.05, 3.63) is 89.1 Å². The van der Waals surface area contributed by atoms with E-state index in [2.05, 4.69) is 16.0 Å². The number of carbonyl (C=O) groups is 2. The largest absolute Gasteiger partial charge is 0.493 e. The van der Waals surface area contributed by atoms with Crippen LogP contribution in [0.15, 0.2) is 78.0 Å². The van der Waals surface area contributed by atoms with Gasteiger partial charge in [-0.3, -0.25) is 9.59 Å². The topological polar surface area (TPSA) is 88.7 Å². The third-order valence-corrected chi connectivity index (χ3v) is 6.75. The van der Waals surface area contributed by atoms with Crippen molar-refractivity contribution < 1.29 is 19.1 Å². The van der Waals surface area contributed by atoms with Crippen LogP contribution in [0.25, 0.3) is 0 Å². The number of hydrogen-bond acceptors (Lipinski definition) is 6. The first-order valence-corrected chi connectivity index (χ1v) is 11.9. The summed E-state index contributed by atoms with van der Waals surface area (Å²) in [5.41, 5.74) is 6.23. The first-order valence-electron chi connectivity index (χ1n) is 11.9. The molecule has 1 aliphatic carbocycles. The van der Waals surface area contributed by atoms with Crippen molar-refractivity contribution in [2.75, 3.05) is 30.2 Å². The van der Waals surface area contributed by atoms with E-state index in [4.69, 9.17) is 9.47 Å². The Morgan fingerprint density at radius 2 is 1.58 bits per heavy atom. The number of benzene rings is 3. The molecule has 0 unspecified atom stereocenters. The van der Waals surface area contributed by atoms with Gasteiger partial charge in [-0.05, 0) is 59.9 Å². The minimum absolute atomic E-state index is 0.0108. The number of fused-ring (bicyclic) bond motifs is 1. The van der Waals surface area contributed by atoms with Gasteiger partial charge in [0.25, 0.3) is 0 Å². The van der Waals surface area contributed by atoms with E-state index in [1.165, 1.54) is 6.92 Å². The molecule has 0 fully saturated rings. The lowest BCUT2D eigenvalue weighted by Gasteiger charge is -2.30. The molecule has 5 rings (SSSR count). The summed E-state index contributed by atoms with van der Waals surface area (Å²) in [6, 6.07) is 21.1. The lowest BCUT2D eigenvalue weighted by Crippen LogP contribution is -2.26. The highest BCUT2D eigenvalue weighted by atomic mass is 16.5. The summed E-state index contributed by atoms with van der Waals surface area (Å²) < 4.78 is 10.9. The molecule has 1 amide bonds. The Balaban J connectivity index is 1.54. The first-order chi connectivity index (χ1) is 17.5. The van der Waals surface area contributed by atoms with Crippen LogP contribution in [-0.4, -0.2) is 25.9 Å². The summed E-state index contributed by atoms with van der Waals surface area (Å²) in [7, 11) is 3.23. The number of ether oxygens (including phenoxy) is 2. The first kappa shape index (κ1) is 23.5. The molecular formula is C29H29N3O4. The summed E-state index contributed by atoms with van der Waals surface area (Å²) in [5.74, 6) is 1.30. The molecule has 7 nitrogen and oxygen atoms in total. The van der Waals surface area contributed by atoms with E-state index in [9.17, 15) is 9.59 Å². The predicted molar refractivity (Wildman–Crippen MR) is 141 cm³/mol. The third-order valence-electron chi connectivity index (χ3n) is 6.75. The molecular weight excluding hydrogens is 454 g/mol. The van der Waals surface area contributed by atoms with Crippen molar-refractivity contribution in [1.29, 1.82) is 0 Å². The van der Waals surface area contributed by atoms with Gasteiger partial charge >= 0.3 is 0 Å². The van der Waals surface area contributed by atoms with Crippen LogP contribution in [-0.2, 0) is 9.59 Å². The Hall–Kier alpha value is -4.26. The van der Waals surface area contributed by atoms with Crippen molar-refractivity contribution in [3.8, 4) is 11.5 Å². The van der Waals surface area contributed by atoms with Gasteiger partial charge in [0.2, 0.25) is 5.91 Å². The Morgan fingerprint density at radius 3 is 2.28 bits per heavy atom. The highest BCUT2D eigenvalue weighted by Crippen LogP contribution is 2.45. The maximum absolute atomic E-state index is 13.7. The highest BCUT2D eigenvalue weighted by Gasteiger charge is 2.36. The zero-order valence-corrected chi connectivity index (χ0v) is 20.6. The van der Waals surface area contributed by atoms with Crippen molar-refractivity contribution >= 4 is 28.8 Å². The molecule has 2 aliphatic rings. The van der Waals surface area contributed by atoms with Crippen LogP contribution >= 0.6 is 0 Å². The average Bonchev–Trinajstić information content (AvgIpc) is 3.05. The zero-order chi connectivity index (χ0) is 25.2. The van der Waals surface area contributed by atoms with Crippen LogP contribution in [0, 0.1) is 0 Å². The number of amides is 1. The van der Waals surface area contributed by atoms with Gasteiger partial charge in [-0.25, -0.2) is 0 Å².